The molecule has 14 heteroatoms. The molecule has 10 nitrogen and oxygen atoms in total. The van der Waals surface area contributed by atoms with E-state index in [-0.39, 0.29) is 0 Å². The number of hydrogen-bond donors (Lipinski definition) is 0. The van der Waals surface area contributed by atoms with Gasteiger partial charge in [-0.1, -0.05) is 72.1 Å². The standard InChI is InChI=1S/C73H74N6O4S4/c1-52-62(50-70(84-52)54-26-32-76(33-27-54)36-40-80-44-46-82-42-38-78-66-20-9-11-22-68(66)86-72(78)48-56-24-30-74(3)64-18-7-5-14-58(56)64)60-16-13-17-61(60)63-51-71(85-53(63)2)55-28-34-77(35-29-55)37-41-81-45-47-83-43-39-79-67-21-10-12-23-69(67)87-73(79)49-57-25-31-75(4)65-19-8-6-15-59(57)65/h5-12,14-15,18-35,48-51H,13,16-17,36-47H2,1-4H3/q+4. The maximum Gasteiger partial charge on any atom is 0.212 e. The van der Waals surface area contributed by atoms with Gasteiger partial charge in [-0.25, -0.2) is 18.3 Å². The molecule has 87 heavy (non-hydrogen) atoms. The monoisotopic (exact) mass is 1230 g/mol. The highest BCUT2D eigenvalue weighted by Crippen LogP contribution is 2.49. The van der Waals surface area contributed by atoms with E-state index >= 15 is 0 Å². The Bertz CT molecular complexity index is 3920. The Kier molecular flexibility index (Phi) is 18.5. The maximum absolute atomic E-state index is 6.15. The van der Waals surface area contributed by atoms with Crippen molar-refractivity contribution in [2.45, 2.75) is 56.0 Å². The summed E-state index contributed by atoms with van der Waals surface area (Å²) in [5.41, 5.74) is 15.7. The summed E-state index contributed by atoms with van der Waals surface area (Å²) >= 11 is 7.46. The lowest BCUT2D eigenvalue weighted by Gasteiger charge is -2.20. The van der Waals surface area contributed by atoms with E-state index in [1.165, 1.54) is 123 Å². The number of allylic oxidation sites excluding steroid dienone is 2. The quantitative estimate of drug-likeness (QED) is 0.0438. The van der Waals surface area contributed by atoms with E-state index in [2.05, 4.69) is 251 Å². The third kappa shape index (κ3) is 13.3. The van der Waals surface area contributed by atoms with Crippen molar-refractivity contribution < 1.29 is 37.2 Å². The lowest BCUT2D eigenvalue weighted by Crippen LogP contribution is -2.35. The zero-order valence-electron chi connectivity index (χ0n) is 50.0. The van der Waals surface area contributed by atoms with E-state index in [1.54, 1.807) is 0 Å². The number of rotatable bonds is 24. The maximum atomic E-state index is 6.15. The molecule has 0 fully saturated rings. The lowest BCUT2D eigenvalue weighted by molar-refractivity contribution is -0.698. The van der Waals surface area contributed by atoms with Crippen molar-refractivity contribution in [2.75, 3.05) is 75.7 Å². The third-order valence-corrected chi connectivity index (χ3v) is 21.1. The Hall–Kier alpha value is -7.24. The summed E-state index contributed by atoms with van der Waals surface area (Å²) in [5.74, 6) is 0. The van der Waals surface area contributed by atoms with Gasteiger partial charge in [0.1, 0.15) is 27.3 Å². The number of thioether (sulfide) groups is 2. The van der Waals surface area contributed by atoms with Gasteiger partial charge in [-0.3, -0.25) is 0 Å². The van der Waals surface area contributed by atoms with Crippen LogP contribution in [0, 0.1) is 13.8 Å². The van der Waals surface area contributed by atoms with Gasteiger partial charge in [0.05, 0.1) is 71.8 Å². The van der Waals surface area contributed by atoms with E-state index in [4.69, 9.17) is 18.9 Å². The molecule has 0 saturated carbocycles. The largest absolute Gasteiger partial charge is 0.377 e. The Balaban J connectivity index is 0.547. The molecule has 4 aromatic carbocycles. The molecule has 3 aliphatic rings. The summed E-state index contributed by atoms with van der Waals surface area (Å²) in [6.45, 7) is 12.4. The van der Waals surface area contributed by atoms with Crippen LogP contribution in [-0.2, 0) is 46.1 Å². The molecular weight excluding hydrogens is 1150 g/mol. The van der Waals surface area contributed by atoms with E-state index in [0.29, 0.717) is 52.9 Å². The number of anilines is 2. The van der Waals surface area contributed by atoms with Gasteiger partial charge < -0.3 is 28.7 Å². The summed E-state index contributed by atoms with van der Waals surface area (Å²) in [5, 5.41) is 4.92. The minimum absolute atomic E-state index is 0.559. The van der Waals surface area contributed by atoms with Crippen LogP contribution in [0.4, 0.5) is 11.4 Å². The van der Waals surface area contributed by atoms with Crippen LogP contribution in [-0.4, -0.2) is 65.9 Å². The van der Waals surface area contributed by atoms with Gasteiger partial charge in [0, 0.05) is 102 Å². The van der Waals surface area contributed by atoms with Crippen molar-refractivity contribution in [3.63, 3.8) is 0 Å². The van der Waals surface area contributed by atoms with E-state index < -0.39 is 0 Å². The average molecular weight is 1230 g/mol. The molecule has 0 atom stereocenters. The van der Waals surface area contributed by atoms with Gasteiger partial charge in [-0.05, 0) is 127 Å². The van der Waals surface area contributed by atoms with Crippen LogP contribution in [0.25, 0.3) is 66.0 Å². The molecule has 0 unspecified atom stereocenters. The minimum Gasteiger partial charge on any atom is -0.377 e. The number of ether oxygens (including phenoxy) is 4. The molecule has 0 amide bonds. The number of pyridine rings is 4. The average Bonchev–Trinajstić information content (AvgIpc) is 2.58. The second kappa shape index (κ2) is 27.4. The van der Waals surface area contributed by atoms with Gasteiger partial charge in [-0.2, -0.15) is 0 Å². The van der Waals surface area contributed by atoms with E-state index in [9.17, 15) is 0 Å². The molecule has 0 spiro atoms. The number of thiophene rings is 2. The molecule has 2 aliphatic heterocycles. The highest BCUT2D eigenvalue weighted by atomic mass is 32.2. The zero-order valence-corrected chi connectivity index (χ0v) is 53.3. The van der Waals surface area contributed by atoms with Crippen molar-refractivity contribution in [1.82, 2.24) is 0 Å². The summed E-state index contributed by atoms with van der Waals surface area (Å²) in [4.78, 5) is 12.7. The molecule has 0 saturated heterocycles. The van der Waals surface area contributed by atoms with Crippen LogP contribution in [0.3, 0.4) is 0 Å². The zero-order chi connectivity index (χ0) is 59.1. The predicted molar refractivity (Wildman–Crippen MR) is 359 cm³/mol. The van der Waals surface area contributed by atoms with Crippen LogP contribution in [0.5, 0.6) is 0 Å². The van der Waals surface area contributed by atoms with Crippen LogP contribution in [0.2, 0.25) is 0 Å². The minimum atomic E-state index is 0.559. The first-order chi connectivity index (χ1) is 42.8. The molecule has 0 N–H and O–H groups in total. The summed E-state index contributed by atoms with van der Waals surface area (Å²) < 4.78 is 33.2. The SMILES string of the molecule is Cc1sc(-c2cc[n+](CCOCCOCCN3/C(=C/c4cc[n+](C)c5ccccc45)Sc4ccccc43)cc2)cc1C1=C(c2cc(-c3cc[n+](CCOCCOCCN4/C(=C/c5cc[n+](C)c6ccccc56)Sc5ccccc54)cc3)sc2C)CCC1. The Labute approximate surface area is 527 Å². The Morgan fingerprint density at radius 2 is 0.851 bits per heavy atom. The summed E-state index contributed by atoms with van der Waals surface area (Å²) in [6, 6.07) is 52.8. The van der Waals surface area contributed by atoms with Crippen LogP contribution >= 0.6 is 46.2 Å². The van der Waals surface area contributed by atoms with Gasteiger partial charge in [0.15, 0.2) is 50.3 Å². The first-order valence-corrected chi connectivity index (χ1v) is 33.6. The fourth-order valence-corrected chi connectivity index (χ4v) is 16.5. The number of hydrogen-bond acceptors (Lipinski definition) is 10. The molecule has 0 bridgehead atoms. The number of para-hydroxylation sites is 4. The second-order valence-corrected chi connectivity index (χ2v) is 26.9. The third-order valence-electron chi connectivity index (χ3n) is 16.7. The molecule has 6 aromatic heterocycles. The van der Waals surface area contributed by atoms with Gasteiger partial charge in [0.25, 0.3) is 0 Å². The molecule has 10 aromatic rings. The molecule has 440 valence electrons. The van der Waals surface area contributed by atoms with Crippen molar-refractivity contribution in [1.29, 1.82) is 0 Å². The number of nitrogens with zero attached hydrogens (tertiary/aromatic N) is 6. The van der Waals surface area contributed by atoms with Crippen LogP contribution in [0.15, 0.2) is 203 Å². The topological polar surface area (TPSA) is 58.9 Å². The van der Waals surface area contributed by atoms with E-state index in [0.717, 1.165) is 39.0 Å². The van der Waals surface area contributed by atoms with Crippen molar-refractivity contribution in [3.8, 4) is 20.9 Å². The lowest BCUT2D eigenvalue weighted by atomic mass is 9.97. The first-order valence-electron chi connectivity index (χ1n) is 30.3. The first kappa shape index (κ1) is 58.8. The van der Waals surface area contributed by atoms with Crippen molar-refractivity contribution in [3.05, 3.63) is 225 Å². The van der Waals surface area contributed by atoms with Crippen molar-refractivity contribution >= 4 is 103 Å². The van der Waals surface area contributed by atoms with Gasteiger partial charge >= 0.3 is 0 Å². The smallest absolute Gasteiger partial charge is 0.212 e. The normalized spacial score (nSPS) is 14.9. The van der Waals surface area contributed by atoms with Crippen molar-refractivity contribution in [2.24, 2.45) is 14.1 Å². The summed E-state index contributed by atoms with van der Waals surface area (Å²) in [6.07, 6.45) is 21.1. The Morgan fingerprint density at radius 3 is 1.30 bits per heavy atom. The highest BCUT2D eigenvalue weighted by molar-refractivity contribution is 8.04. The molecule has 1 aliphatic carbocycles. The number of aryl methyl sites for hydroxylation is 4. The molecule has 13 rings (SSSR count). The fourth-order valence-electron chi connectivity index (χ4n) is 12.1. The number of fused-ring (bicyclic) bond motifs is 4. The Morgan fingerprint density at radius 1 is 0.448 bits per heavy atom. The van der Waals surface area contributed by atoms with Gasteiger partial charge in [-0.15, -0.1) is 22.7 Å². The summed E-state index contributed by atoms with van der Waals surface area (Å²) in [7, 11) is 4.20. The van der Waals surface area contributed by atoms with E-state index in [1.807, 2.05) is 46.2 Å². The number of aromatic nitrogens is 4. The van der Waals surface area contributed by atoms with Gasteiger partial charge in [0.2, 0.25) is 11.0 Å². The molecule has 0 radical (unpaired) electrons. The number of benzene rings is 4. The second-order valence-electron chi connectivity index (χ2n) is 22.3. The highest BCUT2D eigenvalue weighted by Gasteiger charge is 2.28. The molecule has 8 heterocycles. The predicted octanol–water partition coefficient (Wildman–Crippen LogP) is 14.7. The molecular formula is C73H74N6O4S4+4. The van der Waals surface area contributed by atoms with Crippen LogP contribution in [0.1, 0.15) is 51.3 Å². The van der Waals surface area contributed by atoms with Crippen LogP contribution < -0.4 is 28.1 Å². The fraction of sp³-hybridized carbons (Fsp3) is 0.260.